The molecule has 1 fully saturated rings. The smallest absolute Gasteiger partial charge is 0.326 e. The number of nitrogens with zero attached hydrogens (tertiary/aromatic N) is 1. The summed E-state index contributed by atoms with van der Waals surface area (Å²) >= 11 is 0. The normalized spacial score (nSPS) is 17.8. The first kappa shape index (κ1) is 28.8. The van der Waals surface area contributed by atoms with Crippen LogP contribution in [0.4, 0.5) is 0 Å². The molecule has 4 unspecified atom stereocenters. The second kappa shape index (κ2) is 13.6. The van der Waals surface area contributed by atoms with E-state index in [2.05, 4.69) is 10.6 Å². The number of carbonyl (C=O) groups excluding carboxylic acids is 3. The van der Waals surface area contributed by atoms with Crippen LogP contribution >= 0.6 is 0 Å². The monoisotopic (exact) mass is 504 g/mol. The lowest BCUT2D eigenvalue weighted by Crippen LogP contribution is -2.58. The van der Waals surface area contributed by atoms with Crippen molar-refractivity contribution in [2.75, 3.05) is 6.54 Å². The van der Waals surface area contributed by atoms with Crippen molar-refractivity contribution in [2.45, 2.75) is 76.5 Å². The van der Waals surface area contributed by atoms with E-state index in [1.165, 1.54) is 4.90 Å². The molecule has 198 valence electrons. The van der Waals surface area contributed by atoms with Crippen molar-refractivity contribution in [1.82, 2.24) is 15.5 Å². The third-order valence-corrected chi connectivity index (χ3v) is 6.06. The van der Waals surface area contributed by atoms with Crippen molar-refractivity contribution in [3.63, 3.8) is 0 Å². The minimum absolute atomic E-state index is 0.00884. The molecule has 11 nitrogen and oxygen atoms in total. The molecule has 1 aliphatic heterocycles. The zero-order chi connectivity index (χ0) is 26.8. The predicted molar refractivity (Wildman–Crippen MR) is 131 cm³/mol. The SMILES string of the molecule is CC(C)CC(NC(=O)C(N)CCC(=O)O)C(=O)NC(Cc1ccccc1)C(=O)N1CCCC1C(=O)O. The number of nitrogens with two attached hydrogens (primary N) is 1. The summed E-state index contributed by atoms with van der Waals surface area (Å²) in [4.78, 5) is 63.0. The van der Waals surface area contributed by atoms with Crippen molar-refractivity contribution in [2.24, 2.45) is 11.7 Å². The Labute approximate surface area is 210 Å². The van der Waals surface area contributed by atoms with Crippen LogP contribution in [0.25, 0.3) is 0 Å². The molecule has 3 amide bonds. The molecule has 0 saturated carbocycles. The van der Waals surface area contributed by atoms with Crippen LogP contribution in [0.5, 0.6) is 0 Å². The second-order valence-electron chi connectivity index (χ2n) is 9.51. The number of aliphatic carboxylic acids is 2. The number of carboxylic acid groups (broad SMARTS) is 2. The molecule has 36 heavy (non-hydrogen) atoms. The fraction of sp³-hybridized carbons (Fsp3) is 0.560. The number of benzene rings is 1. The van der Waals surface area contributed by atoms with Crippen molar-refractivity contribution < 1.29 is 34.2 Å². The molecule has 2 rings (SSSR count). The molecule has 0 aromatic heterocycles. The Bertz CT molecular complexity index is 938. The third-order valence-electron chi connectivity index (χ3n) is 6.06. The van der Waals surface area contributed by atoms with E-state index in [1.807, 2.05) is 19.9 Å². The van der Waals surface area contributed by atoms with E-state index >= 15 is 0 Å². The van der Waals surface area contributed by atoms with Crippen LogP contribution in [0.1, 0.15) is 51.5 Å². The van der Waals surface area contributed by atoms with Crippen LogP contribution < -0.4 is 16.4 Å². The summed E-state index contributed by atoms with van der Waals surface area (Å²) < 4.78 is 0. The van der Waals surface area contributed by atoms with Gasteiger partial charge in [0.15, 0.2) is 0 Å². The van der Waals surface area contributed by atoms with Gasteiger partial charge in [-0.2, -0.15) is 0 Å². The Hall–Kier alpha value is -3.47. The van der Waals surface area contributed by atoms with Gasteiger partial charge in [-0.25, -0.2) is 4.79 Å². The van der Waals surface area contributed by atoms with Gasteiger partial charge in [0.2, 0.25) is 17.7 Å². The molecule has 1 aromatic rings. The molecule has 1 aromatic carbocycles. The average molecular weight is 505 g/mol. The highest BCUT2D eigenvalue weighted by molar-refractivity contribution is 5.94. The summed E-state index contributed by atoms with van der Waals surface area (Å²) in [6.45, 7) is 4.01. The number of hydrogen-bond acceptors (Lipinski definition) is 6. The molecule has 4 atom stereocenters. The summed E-state index contributed by atoms with van der Waals surface area (Å²) in [5, 5.41) is 23.7. The lowest BCUT2D eigenvalue weighted by Gasteiger charge is -2.29. The fourth-order valence-electron chi connectivity index (χ4n) is 4.20. The van der Waals surface area contributed by atoms with Crippen molar-refractivity contribution in [1.29, 1.82) is 0 Å². The summed E-state index contributed by atoms with van der Waals surface area (Å²) in [5.74, 6) is -3.92. The van der Waals surface area contributed by atoms with Gasteiger partial charge in [0.1, 0.15) is 18.1 Å². The van der Waals surface area contributed by atoms with E-state index in [0.717, 1.165) is 5.56 Å². The van der Waals surface area contributed by atoms with Crippen molar-refractivity contribution in [3.05, 3.63) is 35.9 Å². The van der Waals surface area contributed by atoms with Crippen LogP contribution in [0, 0.1) is 5.92 Å². The minimum Gasteiger partial charge on any atom is -0.481 e. The lowest BCUT2D eigenvalue weighted by molar-refractivity contribution is -0.149. The molecule has 1 aliphatic rings. The summed E-state index contributed by atoms with van der Waals surface area (Å²) in [7, 11) is 0. The van der Waals surface area contributed by atoms with Gasteiger partial charge in [-0.3, -0.25) is 19.2 Å². The highest BCUT2D eigenvalue weighted by atomic mass is 16.4. The maximum atomic E-state index is 13.4. The van der Waals surface area contributed by atoms with Crippen LogP contribution in [0.2, 0.25) is 0 Å². The number of likely N-dealkylation sites (tertiary alicyclic amines) is 1. The van der Waals surface area contributed by atoms with E-state index in [4.69, 9.17) is 10.8 Å². The van der Waals surface area contributed by atoms with E-state index in [-0.39, 0.29) is 38.1 Å². The molecule has 1 heterocycles. The van der Waals surface area contributed by atoms with E-state index < -0.39 is 53.8 Å². The number of carboxylic acids is 2. The summed E-state index contributed by atoms with van der Waals surface area (Å²) in [5.41, 5.74) is 6.58. The zero-order valence-corrected chi connectivity index (χ0v) is 20.7. The molecular formula is C25H36N4O7. The third kappa shape index (κ3) is 8.63. The topological polar surface area (TPSA) is 179 Å². The molecular weight excluding hydrogens is 468 g/mol. The number of rotatable bonds is 13. The standard InChI is InChI=1S/C25H36N4O7/c1-15(2)13-18(27-22(32)17(26)10-11-21(30)31)23(33)28-19(14-16-7-4-3-5-8-16)24(34)29-12-6-9-20(29)25(35)36/h3-5,7-8,15,17-20H,6,9-14,26H2,1-2H3,(H,27,32)(H,28,33)(H,30,31)(H,35,36). The van der Waals surface area contributed by atoms with Gasteiger partial charge in [-0.05, 0) is 37.2 Å². The Morgan fingerprint density at radius 2 is 1.67 bits per heavy atom. The van der Waals surface area contributed by atoms with Crippen LogP contribution in [-0.2, 0) is 30.4 Å². The zero-order valence-electron chi connectivity index (χ0n) is 20.7. The van der Waals surface area contributed by atoms with Gasteiger partial charge < -0.3 is 31.5 Å². The van der Waals surface area contributed by atoms with Crippen LogP contribution in [-0.4, -0.2) is 75.5 Å². The maximum absolute atomic E-state index is 13.4. The van der Waals surface area contributed by atoms with Gasteiger partial charge >= 0.3 is 11.9 Å². The molecule has 11 heteroatoms. The van der Waals surface area contributed by atoms with E-state index in [9.17, 15) is 29.1 Å². The van der Waals surface area contributed by atoms with E-state index in [1.54, 1.807) is 24.3 Å². The first-order valence-electron chi connectivity index (χ1n) is 12.1. The van der Waals surface area contributed by atoms with E-state index in [0.29, 0.717) is 12.8 Å². The number of hydrogen-bond donors (Lipinski definition) is 5. The first-order chi connectivity index (χ1) is 17.0. The Balaban J connectivity index is 2.21. The average Bonchev–Trinajstić information content (AvgIpc) is 3.31. The number of carbonyl (C=O) groups is 5. The number of amides is 3. The Morgan fingerprint density at radius 3 is 2.25 bits per heavy atom. The molecule has 0 spiro atoms. The Kier molecular flexibility index (Phi) is 10.8. The van der Waals surface area contributed by atoms with Crippen LogP contribution in [0.15, 0.2) is 30.3 Å². The Morgan fingerprint density at radius 1 is 1.03 bits per heavy atom. The molecule has 1 saturated heterocycles. The number of nitrogens with one attached hydrogen (secondary N) is 2. The molecule has 6 N–H and O–H groups in total. The van der Waals surface area contributed by atoms with Crippen molar-refractivity contribution >= 4 is 29.7 Å². The quantitative estimate of drug-likeness (QED) is 0.258. The van der Waals surface area contributed by atoms with Crippen LogP contribution in [0.3, 0.4) is 0 Å². The van der Waals surface area contributed by atoms with Gasteiger partial charge in [-0.15, -0.1) is 0 Å². The van der Waals surface area contributed by atoms with Gasteiger partial charge in [0.25, 0.3) is 0 Å². The molecule has 0 bridgehead atoms. The highest BCUT2D eigenvalue weighted by Gasteiger charge is 2.38. The highest BCUT2D eigenvalue weighted by Crippen LogP contribution is 2.20. The second-order valence-corrected chi connectivity index (χ2v) is 9.51. The summed E-state index contributed by atoms with van der Waals surface area (Å²) in [6, 6.07) is 4.93. The summed E-state index contributed by atoms with van der Waals surface area (Å²) in [6.07, 6.45) is 0.926. The fourth-order valence-corrected chi connectivity index (χ4v) is 4.20. The maximum Gasteiger partial charge on any atom is 0.326 e. The van der Waals surface area contributed by atoms with Gasteiger partial charge in [0.05, 0.1) is 6.04 Å². The molecule has 0 aliphatic carbocycles. The first-order valence-corrected chi connectivity index (χ1v) is 12.1. The molecule has 0 radical (unpaired) electrons. The lowest BCUT2D eigenvalue weighted by atomic mass is 10.00. The van der Waals surface area contributed by atoms with Crippen molar-refractivity contribution in [3.8, 4) is 0 Å². The predicted octanol–water partition coefficient (Wildman–Crippen LogP) is 0.513. The minimum atomic E-state index is -1.11. The largest absolute Gasteiger partial charge is 0.481 e. The van der Waals surface area contributed by atoms with Gasteiger partial charge in [0, 0.05) is 19.4 Å². The van der Waals surface area contributed by atoms with Gasteiger partial charge in [-0.1, -0.05) is 44.2 Å².